The Morgan fingerprint density at radius 3 is 2.26 bits per heavy atom. The summed E-state index contributed by atoms with van der Waals surface area (Å²) >= 11 is 0. The van der Waals surface area contributed by atoms with E-state index in [2.05, 4.69) is 29.6 Å². The first-order valence-electron chi connectivity index (χ1n) is 12.5. The van der Waals surface area contributed by atoms with Gasteiger partial charge in [-0.2, -0.15) is 0 Å². The molecule has 7 nitrogen and oxygen atoms in total. The lowest BCUT2D eigenvalue weighted by molar-refractivity contribution is -0.138. The zero-order chi connectivity index (χ0) is 24.8. The molecule has 1 unspecified atom stereocenters. The van der Waals surface area contributed by atoms with Gasteiger partial charge in [0.15, 0.2) is 0 Å². The van der Waals surface area contributed by atoms with Crippen molar-refractivity contribution in [3.05, 3.63) is 59.7 Å². The number of aliphatic carboxylic acids is 1. The van der Waals surface area contributed by atoms with E-state index in [1.54, 1.807) is 4.90 Å². The van der Waals surface area contributed by atoms with E-state index in [1.165, 1.54) is 22.3 Å². The van der Waals surface area contributed by atoms with Gasteiger partial charge in [0.2, 0.25) is 5.91 Å². The zero-order valence-electron chi connectivity index (χ0n) is 20.2. The lowest BCUT2D eigenvalue weighted by Crippen LogP contribution is -2.35. The van der Waals surface area contributed by atoms with Crippen molar-refractivity contribution in [1.29, 1.82) is 0 Å². The van der Waals surface area contributed by atoms with Gasteiger partial charge in [0.25, 0.3) is 0 Å². The first-order chi connectivity index (χ1) is 16.9. The molecule has 0 aliphatic heterocycles. The molecule has 2 aromatic carbocycles. The molecule has 0 bridgehead atoms. The van der Waals surface area contributed by atoms with E-state index in [9.17, 15) is 14.4 Å². The van der Waals surface area contributed by atoms with Crippen LogP contribution in [-0.2, 0) is 14.3 Å². The molecule has 35 heavy (non-hydrogen) atoms. The second-order valence-electron chi connectivity index (χ2n) is 9.78. The van der Waals surface area contributed by atoms with Gasteiger partial charge in [0.05, 0.1) is 6.42 Å². The second-order valence-corrected chi connectivity index (χ2v) is 9.78. The van der Waals surface area contributed by atoms with Gasteiger partial charge in [-0.15, -0.1) is 0 Å². The van der Waals surface area contributed by atoms with Crippen molar-refractivity contribution in [3.8, 4) is 11.1 Å². The fraction of sp³-hybridized carbons (Fsp3) is 0.464. The van der Waals surface area contributed by atoms with E-state index in [0.29, 0.717) is 31.8 Å². The average Bonchev–Trinajstić information content (AvgIpc) is 3.63. The van der Waals surface area contributed by atoms with Crippen molar-refractivity contribution in [2.45, 2.75) is 44.9 Å². The molecule has 2 N–H and O–H groups in total. The first-order valence-corrected chi connectivity index (χ1v) is 12.5. The Bertz CT molecular complexity index is 1020. The van der Waals surface area contributed by atoms with Gasteiger partial charge in [-0.25, -0.2) is 4.79 Å². The summed E-state index contributed by atoms with van der Waals surface area (Å²) in [5, 5.41) is 11.8. The maximum Gasteiger partial charge on any atom is 0.407 e. The van der Waals surface area contributed by atoms with Crippen LogP contribution in [0.2, 0.25) is 0 Å². The van der Waals surface area contributed by atoms with E-state index in [-0.39, 0.29) is 37.3 Å². The molecule has 0 spiro atoms. The lowest BCUT2D eigenvalue weighted by Gasteiger charge is -2.23. The third kappa shape index (κ3) is 6.62. The van der Waals surface area contributed by atoms with Crippen molar-refractivity contribution < 1.29 is 24.2 Å². The minimum absolute atomic E-state index is 0.00820. The number of benzene rings is 2. The maximum absolute atomic E-state index is 12.6. The highest BCUT2D eigenvalue weighted by atomic mass is 16.5. The SMILES string of the molecule is CC(CCC(=O)N(CCC(=O)O)CC1CC1)CNC(=O)OCC1c2ccccc2-c2ccccc21. The Kier molecular flexibility index (Phi) is 8.06. The van der Waals surface area contributed by atoms with Crippen LogP contribution in [0, 0.1) is 11.8 Å². The molecule has 2 aliphatic rings. The Morgan fingerprint density at radius 1 is 1.03 bits per heavy atom. The molecule has 7 heteroatoms. The number of carbonyl (C=O) groups is 3. The molecule has 0 radical (unpaired) electrons. The number of alkyl carbamates (subject to hydrolysis) is 1. The summed E-state index contributed by atoms with van der Waals surface area (Å²) in [6, 6.07) is 16.4. The van der Waals surface area contributed by atoms with Crippen molar-refractivity contribution in [1.82, 2.24) is 10.2 Å². The zero-order valence-corrected chi connectivity index (χ0v) is 20.2. The molecule has 2 aromatic rings. The average molecular weight is 479 g/mol. The van der Waals surface area contributed by atoms with E-state index in [0.717, 1.165) is 12.8 Å². The van der Waals surface area contributed by atoms with Crippen molar-refractivity contribution in [3.63, 3.8) is 0 Å². The Hall–Kier alpha value is -3.35. The van der Waals surface area contributed by atoms with Gasteiger partial charge >= 0.3 is 12.1 Å². The van der Waals surface area contributed by atoms with E-state index in [4.69, 9.17) is 9.84 Å². The summed E-state index contributed by atoms with van der Waals surface area (Å²) in [5.74, 6) is -0.265. The van der Waals surface area contributed by atoms with Crippen LogP contribution in [0.25, 0.3) is 11.1 Å². The number of nitrogens with one attached hydrogen (secondary N) is 1. The fourth-order valence-corrected chi connectivity index (χ4v) is 4.70. The van der Waals surface area contributed by atoms with Crippen LogP contribution in [0.15, 0.2) is 48.5 Å². The van der Waals surface area contributed by atoms with Crippen LogP contribution >= 0.6 is 0 Å². The largest absolute Gasteiger partial charge is 0.481 e. The molecule has 0 saturated heterocycles. The van der Waals surface area contributed by atoms with E-state index < -0.39 is 12.1 Å². The van der Waals surface area contributed by atoms with Crippen LogP contribution < -0.4 is 5.32 Å². The predicted octanol–water partition coefficient (Wildman–Crippen LogP) is 4.65. The number of carboxylic acid groups (broad SMARTS) is 1. The van der Waals surface area contributed by atoms with Gasteiger partial charge in [-0.3, -0.25) is 9.59 Å². The second kappa shape index (κ2) is 11.4. The number of ether oxygens (including phenoxy) is 1. The maximum atomic E-state index is 12.6. The first kappa shape index (κ1) is 24.8. The number of rotatable bonds is 12. The molecule has 1 fully saturated rings. The number of nitrogens with zero attached hydrogens (tertiary/aromatic N) is 1. The van der Waals surface area contributed by atoms with Gasteiger partial charge in [0.1, 0.15) is 6.61 Å². The van der Waals surface area contributed by atoms with Crippen LogP contribution in [-0.4, -0.2) is 54.2 Å². The van der Waals surface area contributed by atoms with Crippen LogP contribution in [0.4, 0.5) is 4.79 Å². The van der Waals surface area contributed by atoms with Gasteiger partial charge < -0.3 is 20.1 Å². The molecule has 1 atom stereocenters. The fourth-order valence-electron chi connectivity index (χ4n) is 4.70. The molecule has 0 heterocycles. The highest BCUT2D eigenvalue weighted by Gasteiger charge is 2.29. The van der Waals surface area contributed by atoms with Crippen LogP contribution in [0.3, 0.4) is 0 Å². The topological polar surface area (TPSA) is 95.9 Å². The molecular weight excluding hydrogens is 444 g/mol. The van der Waals surface area contributed by atoms with Gasteiger partial charge in [-0.1, -0.05) is 55.5 Å². The van der Waals surface area contributed by atoms with Gasteiger partial charge in [-0.05, 0) is 53.4 Å². The summed E-state index contributed by atoms with van der Waals surface area (Å²) in [7, 11) is 0. The Balaban J connectivity index is 1.20. The van der Waals surface area contributed by atoms with Crippen molar-refractivity contribution >= 4 is 18.0 Å². The summed E-state index contributed by atoms with van der Waals surface area (Å²) in [5.41, 5.74) is 4.73. The van der Waals surface area contributed by atoms with Crippen LogP contribution in [0.5, 0.6) is 0 Å². The molecule has 2 amide bonds. The number of hydrogen-bond donors (Lipinski definition) is 2. The Labute approximate surface area is 206 Å². The standard InChI is InChI=1S/C28H34N2O5/c1-19(10-13-26(31)30(15-14-27(32)33)17-20-11-12-20)16-29-28(34)35-18-25-23-8-4-2-6-21(23)22-7-3-5-9-24(22)25/h2-9,19-20,25H,10-18H2,1H3,(H,29,34)(H,32,33). The molecule has 0 aromatic heterocycles. The lowest BCUT2D eigenvalue weighted by atomic mass is 9.98. The number of fused-ring (bicyclic) bond motifs is 3. The third-order valence-corrected chi connectivity index (χ3v) is 6.91. The highest BCUT2D eigenvalue weighted by molar-refractivity contribution is 5.79. The molecular formula is C28H34N2O5. The molecule has 1 saturated carbocycles. The number of carboxylic acids is 1. The normalized spacial score (nSPS) is 15.1. The predicted molar refractivity (Wildman–Crippen MR) is 133 cm³/mol. The summed E-state index contributed by atoms with van der Waals surface area (Å²) in [6.07, 6.45) is 2.70. The summed E-state index contributed by atoms with van der Waals surface area (Å²) in [6.45, 7) is 3.59. The monoisotopic (exact) mass is 478 g/mol. The smallest absolute Gasteiger partial charge is 0.407 e. The minimum atomic E-state index is -0.890. The van der Waals surface area contributed by atoms with Crippen LogP contribution in [0.1, 0.15) is 56.1 Å². The van der Waals surface area contributed by atoms with Crippen molar-refractivity contribution in [2.75, 3.05) is 26.2 Å². The van der Waals surface area contributed by atoms with Gasteiger partial charge in [0, 0.05) is 32.0 Å². The highest BCUT2D eigenvalue weighted by Crippen LogP contribution is 2.44. The third-order valence-electron chi connectivity index (χ3n) is 6.91. The van der Waals surface area contributed by atoms with E-state index in [1.807, 2.05) is 31.2 Å². The number of amides is 2. The molecule has 186 valence electrons. The Morgan fingerprint density at radius 2 is 1.66 bits per heavy atom. The van der Waals surface area contributed by atoms with Crippen molar-refractivity contribution in [2.24, 2.45) is 11.8 Å². The molecule has 4 rings (SSSR count). The quantitative estimate of drug-likeness (QED) is 0.463. The summed E-state index contributed by atoms with van der Waals surface area (Å²) < 4.78 is 5.58. The minimum Gasteiger partial charge on any atom is -0.481 e. The number of hydrogen-bond acceptors (Lipinski definition) is 4. The number of carbonyl (C=O) groups excluding carboxylic acids is 2. The van der Waals surface area contributed by atoms with E-state index >= 15 is 0 Å². The molecule has 2 aliphatic carbocycles. The summed E-state index contributed by atoms with van der Waals surface area (Å²) in [4.78, 5) is 37.6.